The van der Waals surface area contributed by atoms with E-state index in [4.69, 9.17) is 23.2 Å². The van der Waals surface area contributed by atoms with Crippen molar-refractivity contribution in [2.75, 3.05) is 5.32 Å². The predicted molar refractivity (Wildman–Crippen MR) is 68.0 cm³/mol. The molecule has 0 aliphatic carbocycles. The molecule has 0 fully saturated rings. The Balaban J connectivity index is 2.05. The number of rotatable bonds is 3. The van der Waals surface area contributed by atoms with Gasteiger partial charge in [-0.05, 0) is 11.6 Å². The van der Waals surface area contributed by atoms with Gasteiger partial charge in [0.2, 0.25) is 0 Å². The Hall–Kier alpha value is -1.25. The highest BCUT2D eigenvalue weighted by Crippen LogP contribution is 2.22. The van der Waals surface area contributed by atoms with Crippen LogP contribution in [0.4, 0.5) is 5.82 Å². The molecule has 0 saturated heterocycles. The molecule has 0 radical (unpaired) electrons. The van der Waals surface area contributed by atoms with Crippen LogP contribution in [0.3, 0.4) is 0 Å². The lowest BCUT2D eigenvalue weighted by Crippen LogP contribution is -2.01. The topological polar surface area (TPSA) is 24.9 Å². The first kappa shape index (κ1) is 11.2. The standard InChI is InChI=1S/C12H10Cl2N2/c13-10-6-11(14)12(16-8-10)15-7-9-4-2-1-3-5-9/h1-6,8H,7H2,(H,15,16). The van der Waals surface area contributed by atoms with Crippen molar-refractivity contribution in [2.24, 2.45) is 0 Å². The van der Waals surface area contributed by atoms with E-state index in [2.05, 4.69) is 10.3 Å². The fraction of sp³-hybridized carbons (Fsp3) is 0.0833. The average molecular weight is 253 g/mol. The van der Waals surface area contributed by atoms with Crippen molar-refractivity contribution in [2.45, 2.75) is 6.54 Å². The minimum atomic E-state index is 0.531. The quantitative estimate of drug-likeness (QED) is 0.894. The predicted octanol–water partition coefficient (Wildman–Crippen LogP) is 4.00. The van der Waals surface area contributed by atoms with Gasteiger partial charge in [-0.15, -0.1) is 0 Å². The third-order valence-corrected chi connectivity index (χ3v) is 2.61. The SMILES string of the molecule is Clc1cnc(NCc2ccccc2)c(Cl)c1. The normalized spacial score (nSPS) is 10.1. The molecular formula is C12H10Cl2N2. The largest absolute Gasteiger partial charge is 0.365 e. The first-order chi connectivity index (χ1) is 7.75. The molecule has 4 heteroatoms. The van der Waals surface area contributed by atoms with Gasteiger partial charge < -0.3 is 5.32 Å². The number of nitrogens with one attached hydrogen (secondary N) is 1. The fourth-order valence-corrected chi connectivity index (χ4v) is 1.77. The van der Waals surface area contributed by atoms with E-state index in [0.717, 1.165) is 0 Å². The summed E-state index contributed by atoms with van der Waals surface area (Å²) in [6.07, 6.45) is 1.57. The molecule has 1 aromatic carbocycles. The molecule has 2 rings (SSSR count). The van der Waals surface area contributed by atoms with Crippen LogP contribution < -0.4 is 5.32 Å². The molecule has 0 bridgehead atoms. The molecule has 0 unspecified atom stereocenters. The molecule has 2 aromatic rings. The Bertz CT molecular complexity index is 472. The lowest BCUT2D eigenvalue weighted by Gasteiger charge is -2.07. The van der Waals surface area contributed by atoms with Crippen molar-refractivity contribution >= 4 is 29.0 Å². The van der Waals surface area contributed by atoms with E-state index in [1.165, 1.54) is 5.56 Å². The molecule has 0 saturated carbocycles. The summed E-state index contributed by atoms with van der Waals surface area (Å²) in [6.45, 7) is 0.690. The molecule has 0 aliphatic heterocycles. The summed E-state index contributed by atoms with van der Waals surface area (Å²) < 4.78 is 0. The van der Waals surface area contributed by atoms with Crippen LogP contribution in [0.25, 0.3) is 0 Å². The monoisotopic (exact) mass is 252 g/mol. The average Bonchev–Trinajstić information content (AvgIpc) is 2.29. The minimum Gasteiger partial charge on any atom is -0.365 e. The molecule has 2 nitrogen and oxygen atoms in total. The Labute approximate surface area is 104 Å². The van der Waals surface area contributed by atoms with Crippen molar-refractivity contribution in [3.8, 4) is 0 Å². The Morgan fingerprint density at radius 1 is 1.12 bits per heavy atom. The summed E-state index contributed by atoms with van der Waals surface area (Å²) in [5, 5.41) is 4.22. The summed E-state index contributed by atoms with van der Waals surface area (Å²) >= 11 is 11.7. The highest BCUT2D eigenvalue weighted by Gasteiger charge is 2.01. The van der Waals surface area contributed by atoms with E-state index in [-0.39, 0.29) is 0 Å². The zero-order valence-corrected chi connectivity index (χ0v) is 9.96. The van der Waals surface area contributed by atoms with Crippen LogP contribution in [0.5, 0.6) is 0 Å². The van der Waals surface area contributed by atoms with Gasteiger partial charge in [0.15, 0.2) is 0 Å². The zero-order chi connectivity index (χ0) is 11.4. The maximum absolute atomic E-state index is 5.99. The van der Waals surface area contributed by atoms with Crippen molar-refractivity contribution in [1.82, 2.24) is 4.98 Å². The number of anilines is 1. The van der Waals surface area contributed by atoms with Gasteiger partial charge in [-0.1, -0.05) is 53.5 Å². The van der Waals surface area contributed by atoms with E-state index in [9.17, 15) is 0 Å². The second kappa shape index (κ2) is 5.19. The van der Waals surface area contributed by atoms with Gasteiger partial charge >= 0.3 is 0 Å². The second-order valence-electron chi connectivity index (χ2n) is 3.32. The van der Waals surface area contributed by atoms with Crippen LogP contribution in [0, 0.1) is 0 Å². The molecule has 1 heterocycles. The Morgan fingerprint density at radius 2 is 1.88 bits per heavy atom. The number of nitrogens with zero attached hydrogens (tertiary/aromatic N) is 1. The van der Waals surface area contributed by atoms with Gasteiger partial charge in [-0.2, -0.15) is 0 Å². The second-order valence-corrected chi connectivity index (χ2v) is 4.17. The molecule has 1 N–H and O–H groups in total. The van der Waals surface area contributed by atoms with Crippen LogP contribution in [0.1, 0.15) is 5.56 Å². The van der Waals surface area contributed by atoms with Crippen LogP contribution in [0.15, 0.2) is 42.6 Å². The summed E-state index contributed by atoms with van der Waals surface area (Å²) in [5.74, 6) is 0.648. The highest BCUT2D eigenvalue weighted by molar-refractivity contribution is 6.35. The Morgan fingerprint density at radius 3 is 2.56 bits per heavy atom. The maximum Gasteiger partial charge on any atom is 0.145 e. The van der Waals surface area contributed by atoms with E-state index in [1.807, 2.05) is 30.3 Å². The molecule has 82 valence electrons. The fourth-order valence-electron chi connectivity index (χ4n) is 1.33. The van der Waals surface area contributed by atoms with E-state index in [0.29, 0.717) is 22.4 Å². The number of benzene rings is 1. The summed E-state index contributed by atoms with van der Waals surface area (Å²) in [6, 6.07) is 11.7. The number of halogens is 2. The molecule has 1 aromatic heterocycles. The van der Waals surface area contributed by atoms with Gasteiger partial charge in [0.05, 0.1) is 10.0 Å². The molecule has 0 atom stereocenters. The molecule has 0 aliphatic rings. The van der Waals surface area contributed by atoms with E-state index >= 15 is 0 Å². The number of pyridine rings is 1. The van der Waals surface area contributed by atoms with Gasteiger partial charge in [0, 0.05) is 12.7 Å². The van der Waals surface area contributed by atoms with Crippen LogP contribution in [-0.4, -0.2) is 4.98 Å². The van der Waals surface area contributed by atoms with Crippen molar-refractivity contribution in [1.29, 1.82) is 0 Å². The van der Waals surface area contributed by atoms with Crippen LogP contribution >= 0.6 is 23.2 Å². The van der Waals surface area contributed by atoms with Gasteiger partial charge in [-0.3, -0.25) is 0 Å². The summed E-state index contributed by atoms with van der Waals surface area (Å²) in [7, 11) is 0. The molecular weight excluding hydrogens is 243 g/mol. The maximum atomic E-state index is 5.99. The minimum absolute atomic E-state index is 0.531. The third-order valence-electron chi connectivity index (χ3n) is 2.11. The third kappa shape index (κ3) is 2.87. The van der Waals surface area contributed by atoms with Crippen LogP contribution in [-0.2, 0) is 6.54 Å². The van der Waals surface area contributed by atoms with Crippen molar-refractivity contribution in [3.63, 3.8) is 0 Å². The Kier molecular flexibility index (Phi) is 3.65. The van der Waals surface area contributed by atoms with E-state index in [1.54, 1.807) is 12.3 Å². The highest BCUT2D eigenvalue weighted by atomic mass is 35.5. The van der Waals surface area contributed by atoms with Gasteiger partial charge in [0.25, 0.3) is 0 Å². The lowest BCUT2D eigenvalue weighted by atomic mass is 10.2. The smallest absolute Gasteiger partial charge is 0.145 e. The molecule has 0 amide bonds. The van der Waals surface area contributed by atoms with Crippen molar-refractivity contribution in [3.05, 3.63) is 58.2 Å². The molecule has 16 heavy (non-hydrogen) atoms. The van der Waals surface area contributed by atoms with Gasteiger partial charge in [-0.25, -0.2) is 4.98 Å². The van der Waals surface area contributed by atoms with Crippen molar-refractivity contribution < 1.29 is 0 Å². The summed E-state index contributed by atoms with van der Waals surface area (Å²) in [5.41, 5.74) is 1.18. The summed E-state index contributed by atoms with van der Waals surface area (Å²) in [4.78, 5) is 4.12. The first-order valence-electron chi connectivity index (χ1n) is 4.84. The lowest BCUT2D eigenvalue weighted by molar-refractivity contribution is 1.11. The number of hydrogen-bond donors (Lipinski definition) is 1. The molecule has 0 spiro atoms. The number of aromatic nitrogens is 1. The zero-order valence-electron chi connectivity index (χ0n) is 8.45. The van der Waals surface area contributed by atoms with Gasteiger partial charge in [0.1, 0.15) is 5.82 Å². The first-order valence-corrected chi connectivity index (χ1v) is 5.60. The van der Waals surface area contributed by atoms with Crippen LogP contribution in [0.2, 0.25) is 10.0 Å². The number of hydrogen-bond acceptors (Lipinski definition) is 2. The van der Waals surface area contributed by atoms with E-state index < -0.39 is 0 Å².